The first-order chi connectivity index (χ1) is 15.0. The van der Waals surface area contributed by atoms with Crippen molar-refractivity contribution in [2.24, 2.45) is 23.7 Å². The zero-order valence-electron chi connectivity index (χ0n) is 18.3. The number of aliphatic hydroxyl groups is 2. The van der Waals surface area contributed by atoms with Crippen molar-refractivity contribution in [2.75, 3.05) is 13.2 Å². The molecule has 1 saturated heterocycles. The van der Waals surface area contributed by atoms with Crippen molar-refractivity contribution in [1.82, 2.24) is 0 Å². The average Bonchev–Trinajstić information content (AvgIpc) is 2.93. The highest BCUT2D eigenvalue weighted by atomic mass is 16.5. The summed E-state index contributed by atoms with van der Waals surface area (Å²) in [4.78, 5) is 11.5. The van der Waals surface area contributed by atoms with Crippen molar-refractivity contribution in [3.63, 3.8) is 0 Å². The van der Waals surface area contributed by atoms with Gasteiger partial charge in [-0.3, -0.25) is 4.79 Å². The largest absolute Gasteiger partial charge is 0.491 e. The Hall–Kier alpha value is -1.89. The van der Waals surface area contributed by atoms with E-state index in [0.29, 0.717) is 31.6 Å². The van der Waals surface area contributed by atoms with Gasteiger partial charge in [-0.05, 0) is 49.7 Å². The number of hydrogen-bond donors (Lipinski definition) is 3. The number of carbonyl (C=O) groups is 1. The van der Waals surface area contributed by atoms with E-state index in [1.807, 2.05) is 43.3 Å². The number of hydrogen-bond acceptors (Lipinski definition) is 5. The van der Waals surface area contributed by atoms with Crippen LogP contribution >= 0.6 is 0 Å². The molecule has 2 aliphatic rings. The van der Waals surface area contributed by atoms with Crippen LogP contribution in [0, 0.1) is 23.7 Å². The number of carboxylic acid groups (broad SMARTS) is 1. The standard InChI is InChI=1S/C25H36O6/c1-2-6-18(25(28)29)13-17-9-11-22-21(23(27)14-24(22)31-15-17)12-10-19(26)16-30-20-7-4-3-5-8-20/h3-5,7-8,10,12,17-19,21-24,26-27H,2,6,9,11,13-16H2,1H3,(H,28,29)/t17?,18?,19-,21-,22-,23-,24+/m1/s1. The van der Waals surface area contributed by atoms with Crippen molar-refractivity contribution < 1.29 is 29.6 Å². The van der Waals surface area contributed by atoms with Gasteiger partial charge in [0.25, 0.3) is 0 Å². The zero-order valence-corrected chi connectivity index (χ0v) is 18.3. The Morgan fingerprint density at radius 3 is 2.77 bits per heavy atom. The minimum absolute atomic E-state index is 0.0122. The van der Waals surface area contributed by atoms with E-state index in [-0.39, 0.29) is 36.4 Å². The van der Waals surface area contributed by atoms with Crippen LogP contribution in [-0.2, 0) is 9.53 Å². The molecule has 0 amide bonds. The summed E-state index contributed by atoms with van der Waals surface area (Å²) in [7, 11) is 0. The summed E-state index contributed by atoms with van der Waals surface area (Å²) in [6, 6.07) is 9.36. The van der Waals surface area contributed by atoms with Crippen LogP contribution in [0.2, 0.25) is 0 Å². The maximum Gasteiger partial charge on any atom is 0.306 e. The fraction of sp³-hybridized carbons (Fsp3) is 0.640. The summed E-state index contributed by atoms with van der Waals surface area (Å²) in [5.74, 6) is 0.0487. The van der Waals surface area contributed by atoms with Gasteiger partial charge in [-0.25, -0.2) is 0 Å². The zero-order chi connectivity index (χ0) is 22.2. The molecular formula is C25H36O6. The fourth-order valence-corrected chi connectivity index (χ4v) is 5.00. The Labute approximate surface area is 184 Å². The Kier molecular flexibility index (Phi) is 8.93. The quantitative estimate of drug-likeness (QED) is 0.488. The molecule has 1 aromatic rings. The van der Waals surface area contributed by atoms with Gasteiger partial charge < -0.3 is 24.8 Å². The molecule has 7 atom stereocenters. The molecule has 0 spiro atoms. The third-order valence-corrected chi connectivity index (χ3v) is 6.67. The highest BCUT2D eigenvalue weighted by Gasteiger charge is 2.43. The van der Waals surface area contributed by atoms with Crippen LogP contribution in [0.15, 0.2) is 42.5 Å². The van der Waals surface area contributed by atoms with Crippen molar-refractivity contribution in [3.05, 3.63) is 42.5 Å². The Balaban J connectivity index is 1.53. The molecule has 3 rings (SSSR count). The van der Waals surface area contributed by atoms with Crippen molar-refractivity contribution >= 4 is 5.97 Å². The normalized spacial score (nSPS) is 30.5. The van der Waals surface area contributed by atoms with Gasteiger partial charge in [-0.15, -0.1) is 0 Å². The first kappa shape index (κ1) is 23.8. The number of carboxylic acids is 1. The van der Waals surface area contributed by atoms with Gasteiger partial charge in [0.1, 0.15) is 18.5 Å². The van der Waals surface area contributed by atoms with Gasteiger partial charge in [0.15, 0.2) is 0 Å². The van der Waals surface area contributed by atoms with Gasteiger partial charge in [-0.2, -0.15) is 0 Å². The van der Waals surface area contributed by atoms with Crippen molar-refractivity contribution in [2.45, 2.75) is 63.8 Å². The Morgan fingerprint density at radius 2 is 2.06 bits per heavy atom. The molecule has 1 aromatic carbocycles. The molecule has 1 aliphatic carbocycles. The van der Waals surface area contributed by atoms with E-state index in [1.165, 1.54) is 0 Å². The van der Waals surface area contributed by atoms with Gasteiger partial charge in [0, 0.05) is 18.9 Å². The summed E-state index contributed by atoms with van der Waals surface area (Å²) in [6.45, 7) is 2.73. The average molecular weight is 433 g/mol. The second-order valence-electron chi connectivity index (χ2n) is 9.00. The number of ether oxygens (including phenoxy) is 2. The van der Waals surface area contributed by atoms with Gasteiger partial charge in [-0.1, -0.05) is 43.7 Å². The van der Waals surface area contributed by atoms with E-state index in [4.69, 9.17) is 9.47 Å². The topological polar surface area (TPSA) is 96.2 Å². The molecule has 3 N–H and O–H groups in total. The number of aliphatic carboxylic acids is 1. The van der Waals surface area contributed by atoms with Crippen LogP contribution in [0.3, 0.4) is 0 Å². The monoisotopic (exact) mass is 432 g/mol. The molecule has 0 aromatic heterocycles. The lowest BCUT2D eigenvalue weighted by atomic mass is 9.84. The summed E-state index contributed by atoms with van der Waals surface area (Å²) in [6.07, 6.45) is 6.98. The SMILES string of the molecule is CCCC(CC1CC[C@@H]2[C@@H](C=C[C@@H](O)COc3ccccc3)[C@H](O)C[C@@H]2OC1)C(=O)O. The van der Waals surface area contributed by atoms with Crippen LogP contribution in [-0.4, -0.2) is 52.8 Å². The van der Waals surface area contributed by atoms with Gasteiger partial charge >= 0.3 is 5.97 Å². The fourth-order valence-electron chi connectivity index (χ4n) is 5.00. The highest BCUT2D eigenvalue weighted by molar-refractivity contribution is 5.69. The minimum Gasteiger partial charge on any atom is -0.491 e. The molecule has 2 fully saturated rings. The highest BCUT2D eigenvalue weighted by Crippen LogP contribution is 2.42. The van der Waals surface area contributed by atoms with Crippen LogP contribution < -0.4 is 4.74 Å². The summed E-state index contributed by atoms with van der Waals surface area (Å²) in [5, 5.41) is 30.3. The molecule has 0 bridgehead atoms. The van der Waals surface area contributed by atoms with E-state index in [0.717, 1.165) is 19.3 Å². The first-order valence-electron chi connectivity index (χ1n) is 11.5. The third-order valence-electron chi connectivity index (χ3n) is 6.67. The number of aliphatic hydroxyl groups excluding tert-OH is 2. The molecule has 6 nitrogen and oxygen atoms in total. The Morgan fingerprint density at radius 1 is 1.29 bits per heavy atom. The molecule has 31 heavy (non-hydrogen) atoms. The van der Waals surface area contributed by atoms with Crippen LogP contribution in [0.25, 0.3) is 0 Å². The second-order valence-corrected chi connectivity index (χ2v) is 9.00. The lowest BCUT2D eigenvalue weighted by Gasteiger charge is -2.21. The number of fused-ring (bicyclic) bond motifs is 1. The summed E-state index contributed by atoms with van der Waals surface area (Å²) >= 11 is 0. The molecular weight excluding hydrogens is 396 g/mol. The Bertz CT molecular complexity index is 705. The number of rotatable bonds is 10. The van der Waals surface area contributed by atoms with Crippen LogP contribution in [0.4, 0.5) is 0 Å². The van der Waals surface area contributed by atoms with Crippen molar-refractivity contribution in [1.29, 1.82) is 0 Å². The third kappa shape index (κ3) is 6.79. The molecule has 1 aliphatic heterocycles. The van der Waals surface area contributed by atoms with E-state index in [2.05, 4.69) is 0 Å². The lowest BCUT2D eigenvalue weighted by Crippen LogP contribution is -2.22. The molecule has 1 saturated carbocycles. The first-order valence-corrected chi connectivity index (χ1v) is 11.5. The lowest BCUT2D eigenvalue weighted by molar-refractivity contribution is -0.142. The van der Waals surface area contributed by atoms with Crippen LogP contribution in [0.1, 0.15) is 45.4 Å². The van der Waals surface area contributed by atoms with E-state index >= 15 is 0 Å². The van der Waals surface area contributed by atoms with E-state index < -0.39 is 18.2 Å². The van der Waals surface area contributed by atoms with Crippen molar-refractivity contribution in [3.8, 4) is 5.75 Å². The number of benzene rings is 1. The molecule has 1 heterocycles. The van der Waals surface area contributed by atoms with Crippen LogP contribution in [0.5, 0.6) is 5.75 Å². The smallest absolute Gasteiger partial charge is 0.306 e. The van der Waals surface area contributed by atoms with Gasteiger partial charge in [0.2, 0.25) is 0 Å². The maximum absolute atomic E-state index is 11.5. The molecule has 172 valence electrons. The molecule has 2 unspecified atom stereocenters. The maximum atomic E-state index is 11.5. The molecule has 0 radical (unpaired) electrons. The van der Waals surface area contributed by atoms with E-state index in [1.54, 1.807) is 6.08 Å². The van der Waals surface area contributed by atoms with Gasteiger partial charge in [0.05, 0.1) is 18.1 Å². The second kappa shape index (κ2) is 11.7. The predicted molar refractivity (Wildman–Crippen MR) is 118 cm³/mol. The minimum atomic E-state index is -0.753. The van der Waals surface area contributed by atoms with E-state index in [9.17, 15) is 20.1 Å². The summed E-state index contributed by atoms with van der Waals surface area (Å²) < 4.78 is 11.7. The summed E-state index contributed by atoms with van der Waals surface area (Å²) in [5.41, 5.74) is 0. The molecule has 6 heteroatoms. The number of para-hydroxylation sites is 1. The predicted octanol–water partition coefficient (Wildman–Crippen LogP) is 3.67.